The lowest BCUT2D eigenvalue weighted by Gasteiger charge is -2.03. The van der Waals surface area contributed by atoms with E-state index in [-0.39, 0.29) is 0 Å². The summed E-state index contributed by atoms with van der Waals surface area (Å²) in [6, 6.07) is 5.62. The van der Waals surface area contributed by atoms with Gasteiger partial charge in [-0.25, -0.2) is 0 Å². The molecule has 60 valence electrons. The van der Waals surface area contributed by atoms with Crippen molar-refractivity contribution in [2.75, 3.05) is 7.05 Å². The minimum Gasteiger partial charge on any atom is -0.316 e. The highest BCUT2D eigenvalue weighted by molar-refractivity contribution is 6.42. The first kappa shape index (κ1) is 8.85. The average molecular weight is 190 g/mol. The van der Waals surface area contributed by atoms with E-state index in [1.54, 1.807) is 6.07 Å². The molecule has 0 aliphatic rings. The van der Waals surface area contributed by atoms with Gasteiger partial charge in [-0.1, -0.05) is 35.3 Å². The van der Waals surface area contributed by atoms with Gasteiger partial charge in [-0.2, -0.15) is 0 Å². The van der Waals surface area contributed by atoms with Crippen molar-refractivity contribution in [2.45, 2.75) is 6.54 Å². The number of rotatable bonds is 2. The molecule has 0 aromatic heterocycles. The molecule has 0 radical (unpaired) electrons. The van der Waals surface area contributed by atoms with Crippen LogP contribution in [-0.4, -0.2) is 7.05 Å². The number of nitrogens with one attached hydrogen (secondary N) is 1. The maximum absolute atomic E-state index is 5.90. The second kappa shape index (κ2) is 3.96. The van der Waals surface area contributed by atoms with Crippen LogP contribution < -0.4 is 5.32 Å². The summed E-state index contributed by atoms with van der Waals surface area (Å²) < 4.78 is 0. The average Bonchev–Trinajstić information content (AvgIpc) is 1.99. The summed E-state index contributed by atoms with van der Waals surface area (Å²) in [5.74, 6) is 0. The lowest BCUT2D eigenvalue weighted by molar-refractivity contribution is 0.818. The third kappa shape index (κ3) is 2.09. The van der Waals surface area contributed by atoms with Gasteiger partial charge < -0.3 is 5.32 Å². The van der Waals surface area contributed by atoms with E-state index in [0.717, 1.165) is 12.1 Å². The summed E-state index contributed by atoms with van der Waals surface area (Å²) in [6.07, 6.45) is 0. The van der Waals surface area contributed by atoms with Gasteiger partial charge in [-0.15, -0.1) is 0 Å². The summed E-state index contributed by atoms with van der Waals surface area (Å²) in [6.45, 7) is 0.749. The monoisotopic (exact) mass is 189 g/mol. The van der Waals surface area contributed by atoms with Crippen molar-refractivity contribution in [1.82, 2.24) is 5.32 Å². The Balaban J connectivity index is 2.96. The molecular weight excluding hydrogens is 181 g/mol. The van der Waals surface area contributed by atoms with Crippen LogP contribution in [0, 0.1) is 0 Å². The Hall–Kier alpha value is -0.240. The summed E-state index contributed by atoms with van der Waals surface area (Å²) in [7, 11) is 1.87. The first-order valence-electron chi connectivity index (χ1n) is 3.33. The number of hydrogen-bond donors (Lipinski definition) is 1. The fourth-order valence-corrected chi connectivity index (χ4v) is 1.26. The van der Waals surface area contributed by atoms with Crippen LogP contribution in [0.15, 0.2) is 18.2 Å². The van der Waals surface area contributed by atoms with Crippen molar-refractivity contribution in [3.05, 3.63) is 33.8 Å². The molecule has 1 N–H and O–H groups in total. The smallest absolute Gasteiger partial charge is 0.0637 e. The molecule has 0 fully saturated rings. The topological polar surface area (TPSA) is 12.0 Å². The minimum atomic E-state index is 0.611. The molecule has 1 nitrogen and oxygen atoms in total. The Morgan fingerprint density at radius 1 is 1.36 bits per heavy atom. The van der Waals surface area contributed by atoms with Crippen LogP contribution in [-0.2, 0) is 6.54 Å². The van der Waals surface area contributed by atoms with Crippen molar-refractivity contribution in [1.29, 1.82) is 0 Å². The molecule has 1 aromatic carbocycles. The quantitative estimate of drug-likeness (QED) is 0.755. The number of benzene rings is 1. The fourth-order valence-electron chi connectivity index (χ4n) is 0.875. The lowest BCUT2D eigenvalue weighted by atomic mass is 10.2. The van der Waals surface area contributed by atoms with E-state index in [1.165, 1.54) is 0 Å². The first-order valence-corrected chi connectivity index (χ1v) is 4.09. The second-order valence-electron chi connectivity index (χ2n) is 2.24. The molecule has 0 heterocycles. The Labute approximate surface area is 76.3 Å². The molecule has 0 amide bonds. The molecule has 0 bridgehead atoms. The molecule has 1 rings (SSSR count). The van der Waals surface area contributed by atoms with Crippen LogP contribution in [0.5, 0.6) is 0 Å². The third-order valence-electron chi connectivity index (χ3n) is 1.40. The molecule has 0 spiro atoms. The van der Waals surface area contributed by atoms with E-state index >= 15 is 0 Å². The Morgan fingerprint density at radius 2 is 2.09 bits per heavy atom. The highest BCUT2D eigenvalue weighted by Gasteiger charge is 2.01. The first-order chi connectivity index (χ1) is 5.25. The summed E-state index contributed by atoms with van der Waals surface area (Å²) in [4.78, 5) is 0. The molecule has 11 heavy (non-hydrogen) atoms. The molecular formula is C8H9Cl2N. The van der Waals surface area contributed by atoms with Gasteiger partial charge in [0.15, 0.2) is 0 Å². The predicted octanol–water partition coefficient (Wildman–Crippen LogP) is 2.71. The van der Waals surface area contributed by atoms with Crippen molar-refractivity contribution in [3.63, 3.8) is 0 Å². The van der Waals surface area contributed by atoms with Crippen molar-refractivity contribution < 1.29 is 0 Å². The zero-order valence-electron chi connectivity index (χ0n) is 6.20. The van der Waals surface area contributed by atoms with E-state index in [4.69, 9.17) is 23.2 Å². The largest absolute Gasteiger partial charge is 0.316 e. The van der Waals surface area contributed by atoms with Crippen LogP contribution in [0.2, 0.25) is 10.0 Å². The minimum absolute atomic E-state index is 0.611. The van der Waals surface area contributed by atoms with Crippen LogP contribution in [0.1, 0.15) is 5.56 Å². The van der Waals surface area contributed by atoms with Gasteiger partial charge in [0.2, 0.25) is 0 Å². The normalized spacial score (nSPS) is 10.1. The summed E-state index contributed by atoms with van der Waals surface area (Å²) in [5, 5.41) is 4.26. The molecule has 0 aliphatic carbocycles. The molecule has 0 unspecified atom stereocenters. The van der Waals surface area contributed by atoms with E-state index in [0.29, 0.717) is 10.0 Å². The second-order valence-corrected chi connectivity index (χ2v) is 3.03. The molecule has 0 atom stereocenters. The van der Waals surface area contributed by atoms with E-state index < -0.39 is 0 Å². The van der Waals surface area contributed by atoms with E-state index in [2.05, 4.69) is 5.32 Å². The van der Waals surface area contributed by atoms with Gasteiger partial charge in [-0.05, 0) is 18.7 Å². The molecule has 0 saturated heterocycles. The highest BCUT2D eigenvalue weighted by Crippen LogP contribution is 2.24. The number of hydrogen-bond acceptors (Lipinski definition) is 1. The van der Waals surface area contributed by atoms with Crippen LogP contribution in [0.4, 0.5) is 0 Å². The summed E-state index contributed by atoms with van der Waals surface area (Å²) >= 11 is 11.7. The molecule has 1 aromatic rings. The maximum atomic E-state index is 5.90. The van der Waals surface area contributed by atoms with Crippen molar-refractivity contribution in [3.8, 4) is 0 Å². The van der Waals surface area contributed by atoms with E-state index in [9.17, 15) is 0 Å². The van der Waals surface area contributed by atoms with Crippen molar-refractivity contribution >= 4 is 23.2 Å². The Morgan fingerprint density at radius 3 is 2.73 bits per heavy atom. The van der Waals surface area contributed by atoms with Gasteiger partial charge in [0.25, 0.3) is 0 Å². The van der Waals surface area contributed by atoms with Gasteiger partial charge >= 0.3 is 0 Å². The van der Waals surface area contributed by atoms with Gasteiger partial charge in [-0.3, -0.25) is 0 Å². The highest BCUT2D eigenvalue weighted by atomic mass is 35.5. The maximum Gasteiger partial charge on any atom is 0.0637 e. The Kier molecular flexibility index (Phi) is 3.18. The lowest BCUT2D eigenvalue weighted by Crippen LogP contribution is -2.05. The van der Waals surface area contributed by atoms with Gasteiger partial charge in [0, 0.05) is 6.54 Å². The number of halogens is 2. The third-order valence-corrected chi connectivity index (χ3v) is 2.26. The van der Waals surface area contributed by atoms with E-state index in [1.807, 2.05) is 19.2 Å². The molecule has 0 saturated carbocycles. The summed E-state index contributed by atoms with van der Waals surface area (Å²) in [5.41, 5.74) is 1.03. The van der Waals surface area contributed by atoms with Gasteiger partial charge in [0.1, 0.15) is 0 Å². The van der Waals surface area contributed by atoms with Crippen molar-refractivity contribution in [2.24, 2.45) is 0 Å². The SMILES string of the molecule is CNCc1cccc(Cl)c1Cl. The zero-order chi connectivity index (χ0) is 8.27. The van der Waals surface area contributed by atoms with Crippen LogP contribution in [0.3, 0.4) is 0 Å². The molecule has 0 aliphatic heterocycles. The van der Waals surface area contributed by atoms with Gasteiger partial charge in [0.05, 0.1) is 10.0 Å². The van der Waals surface area contributed by atoms with Crippen LogP contribution in [0.25, 0.3) is 0 Å². The predicted molar refractivity (Wildman–Crippen MR) is 49.2 cm³/mol. The molecule has 3 heteroatoms. The standard InChI is InChI=1S/C8H9Cl2N/c1-11-5-6-3-2-4-7(9)8(6)10/h2-4,11H,5H2,1H3. The Bertz CT molecular complexity index is 248. The fraction of sp³-hybridized carbons (Fsp3) is 0.250. The zero-order valence-corrected chi connectivity index (χ0v) is 7.71. The van der Waals surface area contributed by atoms with Crippen LogP contribution >= 0.6 is 23.2 Å².